The quantitative estimate of drug-likeness (QED) is 0.888. The molecule has 1 heterocycles. The van der Waals surface area contributed by atoms with Crippen LogP contribution >= 0.6 is 11.3 Å². The number of ether oxygens (including phenoxy) is 1. The molecule has 0 fully saturated rings. The van der Waals surface area contributed by atoms with E-state index in [9.17, 15) is 9.18 Å². The summed E-state index contributed by atoms with van der Waals surface area (Å²) in [6.07, 6.45) is 0. The number of carbonyl (C=O) groups excluding carboxylic acids is 1. The van der Waals surface area contributed by atoms with E-state index >= 15 is 0 Å². The van der Waals surface area contributed by atoms with Crippen molar-refractivity contribution >= 4 is 17.2 Å². The number of benzene rings is 1. The van der Waals surface area contributed by atoms with Gasteiger partial charge in [-0.3, -0.25) is 4.79 Å². The maximum atomic E-state index is 13.9. The third-order valence-corrected chi connectivity index (χ3v) is 3.84. The van der Waals surface area contributed by atoms with E-state index in [0.717, 1.165) is 0 Å². The number of thiazole rings is 1. The average Bonchev–Trinajstić information content (AvgIpc) is 2.95. The standard InChI is InChI=1S/C14H16FN3O2S/c1-8(13-9(15)4-3-5-11(13)20-2)17-14(19)10-7-21-12(6-16)18-10/h3-5,7-8H,6,16H2,1-2H3,(H,17,19). The van der Waals surface area contributed by atoms with E-state index in [2.05, 4.69) is 10.3 Å². The molecule has 1 atom stereocenters. The summed E-state index contributed by atoms with van der Waals surface area (Å²) in [4.78, 5) is 16.2. The second-order valence-electron chi connectivity index (χ2n) is 4.38. The molecule has 7 heteroatoms. The first-order chi connectivity index (χ1) is 10.1. The zero-order valence-electron chi connectivity index (χ0n) is 11.7. The Hall–Kier alpha value is -1.99. The Labute approximate surface area is 126 Å². The van der Waals surface area contributed by atoms with Crippen molar-refractivity contribution in [2.75, 3.05) is 7.11 Å². The number of rotatable bonds is 5. The van der Waals surface area contributed by atoms with E-state index in [-0.39, 0.29) is 18.1 Å². The van der Waals surface area contributed by atoms with Crippen LogP contribution in [0.2, 0.25) is 0 Å². The number of carbonyl (C=O) groups is 1. The van der Waals surface area contributed by atoms with Gasteiger partial charge in [0.25, 0.3) is 5.91 Å². The van der Waals surface area contributed by atoms with Crippen molar-refractivity contribution in [1.29, 1.82) is 0 Å². The first-order valence-electron chi connectivity index (χ1n) is 6.34. The predicted octanol–water partition coefficient (Wildman–Crippen LogP) is 2.24. The minimum absolute atomic E-state index is 0.280. The van der Waals surface area contributed by atoms with Crippen molar-refractivity contribution in [1.82, 2.24) is 10.3 Å². The molecule has 1 aromatic carbocycles. The Morgan fingerprint density at radius 2 is 2.33 bits per heavy atom. The van der Waals surface area contributed by atoms with E-state index in [1.165, 1.54) is 24.5 Å². The van der Waals surface area contributed by atoms with Crippen LogP contribution in [0.15, 0.2) is 23.6 Å². The molecule has 0 saturated heterocycles. The zero-order chi connectivity index (χ0) is 15.4. The SMILES string of the molecule is COc1cccc(F)c1C(C)NC(=O)c1csc(CN)n1. The van der Waals surface area contributed by atoms with Gasteiger partial charge in [-0.25, -0.2) is 9.37 Å². The average molecular weight is 309 g/mol. The molecule has 21 heavy (non-hydrogen) atoms. The highest BCUT2D eigenvalue weighted by Gasteiger charge is 2.20. The second-order valence-corrected chi connectivity index (χ2v) is 5.32. The predicted molar refractivity (Wildman–Crippen MR) is 78.8 cm³/mol. The third-order valence-electron chi connectivity index (χ3n) is 2.97. The Kier molecular flexibility index (Phi) is 4.87. The van der Waals surface area contributed by atoms with Crippen LogP contribution in [0.4, 0.5) is 4.39 Å². The Morgan fingerprint density at radius 3 is 2.95 bits per heavy atom. The smallest absolute Gasteiger partial charge is 0.271 e. The normalized spacial score (nSPS) is 12.0. The fourth-order valence-corrected chi connectivity index (χ4v) is 2.62. The molecule has 0 saturated carbocycles. The van der Waals surface area contributed by atoms with Crippen LogP contribution in [0.3, 0.4) is 0 Å². The highest BCUT2D eigenvalue weighted by molar-refractivity contribution is 7.09. The van der Waals surface area contributed by atoms with Gasteiger partial charge in [0.05, 0.1) is 18.7 Å². The summed E-state index contributed by atoms with van der Waals surface area (Å²) in [5.74, 6) is -0.407. The highest BCUT2D eigenvalue weighted by atomic mass is 32.1. The largest absolute Gasteiger partial charge is 0.496 e. The van der Waals surface area contributed by atoms with Crippen LogP contribution in [-0.4, -0.2) is 18.0 Å². The minimum atomic E-state index is -0.545. The number of aromatic nitrogens is 1. The van der Waals surface area contributed by atoms with E-state index < -0.39 is 11.9 Å². The van der Waals surface area contributed by atoms with Crippen LogP contribution in [0.1, 0.15) is 34.0 Å². The lowest BCUT2D eigenvalue weighted by atomic mass is 10.1. The maximum Gasteiger partial charge on any atom is 0.271 e. The molecule has 0 aliphatic carbocycles. The molecule has 0 aliphatic heterocycles. The number of amides is 1. The van der Waals surface area contributed by atoms with Crippen LogP contribution in [0.25, 0.3) is 0 Å². The summed E-state index contributed by atoms with van der Waals surface area (Å²) in [5, 5.41) is 5.01. The molecule has 112 valence electrons. The highest BCUT2D eigenvalue weighted by Crippen LogP contribution is 2.27. The maximum absolute atomic E-state index is 13.9. The topological polar surface area (TPSA) is 77.2 Å². The molecule has 1 unspecified atom stereocenters. The fraction of sp³-hybridized carbons (Fsp3) is 0.286. The molecule has 0 bridgehead atoms. The molecular formula is C14H16FN3O2S. The fourth-order valence-electron chi connectivity index (χ4n) is 1.97. The number of methoxy groups -OCH3 is 1. The van der Waals surface area contributed by atoms with Crippen molar-refractivity contribution in [3.63, 3.8) is 0 Å². The van der Waals surface area contributed by atoms with Gasteiger partial charge in [0.2, 0.25) is 0 Å². The van der Waals surface area contributed by atoms with Gasteiger partial charge in [-0.2, -0.15) is 0 Å². The number of nitrogens with two attached hydrogens (primary N) is 1. The molecular weight excluding hydrogens is 293 g/mol. The summed E-state index contributed by atoms with van der Waals surface area (Å²) in [6, 6.07) is 3.99. The van der Waals surface area contributed by atoms with Gasteiger partial charge in [-0.05, 0) is 19.1 Å². The van der Waals surface area contributed by atoms with E-state index in [1.54, 1.807) is 24.4 Å². The van der Waals surface area contributed by atoms with E-state index in [4.69, 9.17) is 10.5 Å². The second kappa shape index (κ2) is 6.64. The number of hydrogen-bond donors (Lipinski definition) is 2. The van der Waals surface area contributed by atoms with Crippen molar-refractivity contribution in [2.24, 2.45) is 5.73 Å². The van der Waals surface area contributed by atoms with Crippen LogP contribution in [0, 0.1) is 5.82 Å². The molecule has 0 aliphatic rings. The van der Waals surface area contributed by atoms with Gasteiger partial charge < -0.3 is 15.8 Å². The Morgan fingerprint density at radius 1 is 1.57 bits per heavy atom. The summed E-state index contributed by atoms with van der Waals surface area (Å²) in [5.41, 5.74) is 6.05. The number of nitrogens with zero attached hydrogens (tertiary/aromatic N) is 1. The molecule has 5 nitrogen and oxygen atoms in total. The summed E-state index contributed by atoms with van der Waals surface area (Å²) >= 11 is 1.32. The lowest BCUT2D eigenvalue weighted by Crippen LogP contribution is -2.28. The van der Waals surface area contributed by atoms with Crippen molar-refractivity contribution in [2.45, 2.75) is 19.5 Å². The molecule has 0 radical (unpaired) electrons. The lowest BCUT2D eigenvalue weighted by Gasteiger charge is -2.17. The first kappa shape index (κ1) is 15.4. The van der Waals surface area contributed by atoms with Gasteiger partial charge in [-0.15, -0.1) is 11.3 Å². The molecule has 3 N–H and O–H groups in total. The van der Waals surface area contributed by atoms with E-state index in [1.807, 2.05) is 0 Å². The molecule has 2 aromatic rings. The van der Waals surface area contributed by atoms with E-state index in [0.29, 0.717) is 16.3 Å². The molecule has 0 spiro atoms. The monoisotopic (exact) mass is 309 g/mol. The van der Waals surface area contributed by atoms with Gasteiger partial charge in [0, 0.05) is 11.9 Å². The summed E-state index contributed by atoms with van der Waals surface area (Å²) in [7, 11) is 1.46. The zero-order valence-corrected chi connectivity index (χ0v) is 12.5. The Balaban J connectivity index is 2.18. The number of hydrogen-bond acceptors (Lipinski definition) is 5. The van der Waals surface area contributed by atoms with Crippen LogP contribution in [0.5, 0.6) is 5.75 Å². The molecule has 1 amide bonds. The summed E-state index contributed by atoms with van der Waals surface area (Å²) < 4.78 is 19.1. The molecule has 1 aromatic heterocycles. The van der Waals surface area contributed by atoms with Crippen molar-refractivity contribution in [3.05, 3.63) is 45.7 Å². The van der Waals surface area contributed by atoms with Crippen molar-refractivity contribution in [3.8, 4) is 5.75 Å². The molecule has 2 rings (SSSR count). The lowest BCUT2D eigenvalue weighted by molar-refractivity contribution is 0.0934. The number of halogens is 1. The third kappa shape index (κ3) is 3.37. The first-order valence-corrected chi connectivity index (χ1v) is 7.22. The van der Waals surface area contributed by atoms with Gasteiger partial charge in [0.1, 0.15) is 22.3 Å². The van der Waals surface area contributed by atoms with Crippen LogP contribution < -0.4 is 15.8 Å². The summed E-state index contributed by atoms with van der Waals surface area (Å²) in [6.45, 7) is 1.98. The van der Waals surface area contributed by atoms with Gasteiger partial charge in [-0.1, -0.05) is 6.07 Å². The minimum Gasteiger partial charge on any atom is -0.496 e. The number of nitrogens with one attached hydrogen (secondary N) is 1. The Bertz CT molecular complexity index is 645. The van der Waals surface area contributed by atoms with Crippen molar-refractivity contribution < 1.29 is 13.9 Å². The van der Waals surface area contributed by atoms with Gasteiger partial charge >= 0.3 is 0 Å². The van der Waals surface area contributed by atoms with Crippen LogP contribution in [-0.2, 0) is 6.54 Å². The van der Waals surface area contributed by atoms with Gasteiger partial charge in [0.15, 0.2) is 0 Å².